The number of hydrogen-bond acceptors (Lipinski definition) is 2. The number of unbranched alkanes of at least 4 members (excludes halogenated alkanes) is 1. The van der Waals surface area contributed by atoms with Gasteiger partial charge in [-0.15, -0.1) is 0 Å². The summed E-state index contributed by atoms with van der Waals surface area (Å²) in [6.07, 6.45) is 3.37. The highest BCUT2D eigenvalue weighted by atomic mass is 79.9. The lowest BCUT2D eigenvalue weighted by Crippen LogP contribution is -2.35. The molecule has 3 nitrogen and oxygen atoms in total. The van der Waals surface area contributed by atoms with Crippen LogP contribution in [0.15, 0.2) is 18.2 Å². The molecule has 0 spiro atoms. The third-order valence-electron chi connectivity index (χ3n) is 4.43. The molecule has 2 rings (SSSR count). The highest BCUT2D eigenvalue weighted by Crippen LogP contribution is 2.34. The fourth-order valence-corrected chi connectivity index (χ4v) is 3.34. The molecule has 0 N–H and O–H groups in total. The molecule has 0 saturated carbocycles. The van der Waals surface area contributed by atoms with Gasteiger partial charge in [0.15, 0.2) is 5.78 Å². The molecule has 0 saturated heterocycles. The van der Waals surface area contributed by atoms with Crippen molar-refractivity contribution in [3.8, 4) is 0 Å². The Hall–Kier alpha value is -1.16. The largest absolute Gasteiger partial charge is 0.309 e. The summed E-state index contributed by atoms with van der Waals surface area (Å²) in [4.78, 5) is 26.7. The monoisotopic (exact) mass is 379 g/mol. The third kappa shape index (κ3) is 3.85. The van der Waals surface area contributed by atoms with Crippen molar-refractivity contribution in [1.82, 2.24) is 0 Å². The van der Waals surface area contributed by atoms with Crippen molar-refractivity contribution < 1.29 is 9.59 Å². The van der Waals surface area contributed by atoms with E-state index in [9.17, 15) is 9.59 Å². The molecule has 4 heteroatoms. The van der Waals surface area contributed by atoms with Crippen LogP contribution in [0.25, 0.3) is 0 Å². The minimum atomic E-state index is -0.165. The van der Waals surface area contributed by atoms with Gasteiger partial charge in [0.2, 0.25) is 5.91 Å². The third-order valence-corrected chi connectivity index (χ3v) is 5.90. The zero-order chi connectivity index (χ0) is 17.1. The summed E-state index contributed by atoms with van der Waals surface area (Å²) in [6, 6.07) is 5.94. The van der Waals surface area contributed by atoms with Gasteiger partial charge in [0.05, 0.1) is 4.83 Å². The van der Waals surface area contributed by atoms with Crippen molar-refractivity contribution in [3.05, 3.63) is 29.3 Å². The Balaban J connectivity index is 2.24. The molecule has 1 aliphatic rings. The molecular formula is C19H26BrNO2. The Morgan fingerprint density at radius 3 is 2.65 bits per heavy atom. The van der Waals surface area contributed by atoms with Crippen LogP contribution in [-0.2, 0) is 11.2 Å². The fourth-order valence-electron chi connectivity index (χ4n) is 3.07. The van der Waals surface area contributed by atoms with Crippen LogP contribution in [0.4, 0.5) is 5.69 Å². The number of halogens is 1. The standard InChI is InChI=1S/C19H26BrNO2/c1-5-6-7-17(22)21-13(4)10-15-11-14(8-9-16(15)21)19(23)18(20)12(2)3/h8-9,11-13,18H,5-7,10H2,1-4H3. The van der Waals surface area contributed by atoms with Gasteiger partial charge >= 0.3 is 0 Å². The van der Waals surface area contributed by atoms with Crippen LogP contribution in [-0.4, -0.2) is 22.6 Å². The zero-order valence-corrected chi connectivity index (χ0v) is 16.0. The SMILES string of the molecule is CCCCC(=O)N1c2ccc(C(=O)C(Br)C(C)C)cc2CC1C. The summed E-state index contributed by atoms with van der Waals surface area (Å²) in [5.41, 5.74) is 2.82. The lowest BCUT2D eigenvalue weighted by atomic mass is 9.98. The molecule has 0 bridgehead atoms. The number of nitrogens with zero attached hydrogens (tertiary/aromatic N) is 1. The van der Waals surface area contributed by atoms with Crippen LogP contribution in [0.1, 0.15) is 62.9 Å². The predicted octanol–water partition coefficient (Wildman–Crippen LogP) is 4.76. The first-order valence-electron chi connectivity index (χ1n) is 8.50. The second-order valence-electron chi connectivity index (χ2n) is 6.77. The van der Waals surface area contributed by atoms with E-state index in [0.29, 0.717) is 6.42 Å². The Morgan fingerprint density at radius 2 is 2.04 bits per heavy atom. The topological polar surface area (TPSA) is 37.4 Å². The van der Waals surface area contributed by atoms with Crippen molar-refractivity contribution in [3.63, 3.8) is 0 Å². The average molecular weight is 380 g/mol. The summed E-state index contributed by atoms with van der Waals surface area (Å²) in [5, 5.41) is 0. The molecule has 1 aliphatic heterocycles. The Labute approximate surface area is 147 Å². The molecule has 1 aromatic carbocycles. The van der Waals surface area contributed by atoms with Crippen molar-refractivity contribution in [2.75, 3.05) is 4.90 Å². The average Bonchev–Trinajstić information content (AvgIpc) is 2.85. The maximum atomic E-state index is 12.5. The minimum Gasteiger partial charge on any atom is -0.309 e. The van der Waals surface area contributed by atoms with E-state index < -0.39 is 0 Å². The van der Waals surface area contributed by atoms with E-state index in [0.717, 1.165) is 36.1 Å². The van der Waals surface area contributed by atoms with Gasteiger partial charge in [-0.3, -0.25) is 9.59 Å². The molecule has 126 valence electrons. The van der Waals surface area contributed by atoms with Crippen molar-refractivity contribution in [2.45, 2.75) is 64.2 Å². The Bertz CT molecular complexity index is 597. The highest BCUT2D eigenvalue weighted by molar-refractivity contribution is 9.10. The van der Waals surface area contributed by atoms with E-state index in [1.165, 1.54) is 0 Å². The fraction of sp³-hybridized carbons (Fsp3) is 0.579. The molecule has 1 amide bonds. The lowest BCUT2D eigenvalue weighted by Gasteiger charge is -2.23. The van der Waals surface area contributed by atoms with Gasteiger partial charge < -0.3 is 4.90 Å². The Morgan fingerprint density at radius 1 is 1.35 bits per heavy atom. The second kappa shape index (κ2) is 7.61. The molecule has 1 aromatic rings. The minimum absolute atomic E-state index is 0.117. The van der Waals surface area contributed by atoms with Gasteiger partial charge in [-0.05, 0) is 49.4 Å². The molecule has 1 heterocycles. The van der Waals surface area contributed by atoms with E-state index in [4.69, 9.17) is 0 Å². The van der Waals surface area contributed by atoms with Crippen LogP contribution in [0.5, 0.6) is 0 Å². The van der Waals surface area contributed by atoms with E-state index in [2.05, 4.69) is 29.8 Å². The first-order valence-corrected chi connectivity index (χ1v) is 9.41. The number of carbonyl (C=O) groups excluding carboxylic acids is 2. The van der Waals surface area contributed by atoms with Crippen LogP contribution in [0, 0.1) is 5.92 Å². The number of benzene rings is 1. The first-order chi connectivity index (χ1) is 10.9. The van der Waals surface area contributed by atoms with Gasteiger partial charge in [-0.1, -0.05) is 43.1 Å². The summed E-state index contributed by atoms with van der Waals surface area (Å²) >= 11 is 3.49. The number of hydrogen-bond donors (Lipinski definition) is 0. The maximum Gasteiger partial charge on any atom is 0.227 e. The molecule has 2 atom stereocenters. The quantitative estimate of drug-likeness (QED) is 0.527. The van der Waals surface area contributed by atoms with Gasteiger partial charge in [-0.2, -0.15) is 0 Å². The van der Waals surface area contributed by atoms with Crippen LogP contribution in [0.3, 0.4) is 0 Å². The number of amides is 1. The molecule has 2 unspecified atom stereocenters. The number of anilines is 1. The smallest absolute Gasteiger partial charge is 0.227 e. The van der Waals surface area contributed by atoms with Crippen molar-refractivity contribution in [2.24, 2.45) is 5.92 Å². The van der Waals surface area contributed by atoms with Crippen LogP contribution >= 0.6 is 15.9 Å². The molecule has 0 radical (unpaired) electrons. The van der Waals surface area contributed by atoms with E-state index in [1.807, 2.05) is 36.9 Å². The van der Waals surface area contributed by atoms with Gasteiger partial charge in [-0.25, -0.2) is 0 Å². The molecule has 23 heavy (non-hydrogen) atoms. The summed E-state index contributed by atoms with van der Waals surface area (Å²) in [7, 11) is 0. The van der Waals surface area contributed by atoms with Crippen LogP contribution in [0.2, 0.25) is 0 Å². The summed E-state index contributed by atoms with van der Waals surface area (Å²) in [6.45, 7) is 8.23. The van der Waals surface area contributed by atoms with Gasteiger partial charge in [0, 0.05) is 23.7 Å². The lowest BCUT2D eigenvalue weighted by molar-refractivity contribution is -0.119. The second-order valence-corrected chi connectivity index (χ2v) is 7.76. The Kier molecular flexibility index (Phi) is 6.01. The van der Waals surface area contributed by atoms with Crippen molar-refractivity contribution >= 4 is 33.3 Å². The molecule has 0 aromatic heterocycles. The first kappa shape index (κ1) is 18.2. The maximum absolute atomic E-state index is 12.5. The van der Waals surface area contributed by atoms with Gasteiger partial charge in [0.1, 0.15) is 0 Å². The molecule has 0 aliphatic carbocycles. The zero-order valence-electron chi connectivity index (χ0n) is 14.4. The van der Waals surface area contributed by atoms with E-state index in [1.54, 1.807) is 0 Å². The molecule has 0 fully saturated rings. The van der Waals surface area contributed by atoms with Crippen LogP contribution < -0.4 is 4.90 Å². The number of ketones is 1. The number of rotatable bonds is 6. The number of Topliss-reactive ketones (excluding diaryl/α,β-unsaturated/α-hetero) is 1. The molecular weight excluding hydrogens is 354 g/mol. The highest BCUT2D eigenvalue weighted by Gasteiger charge is 2.31. The normalized spacial score (nSPS) is 18.2. The number of carbonyl (C=O) groups is 2. The van der Waals surface area contributed by atoms with Gasteiger partial charge in [0.25, 0.3) is 0 Å². The number of alkyl halides is 1. The van der Waals surface area contributed by atoms with E-state index >= 15 is 0 Å². The van der Waals surface area contributed by atoms with Crippen molar-refractivity contribution in [1.29, 1.82) is 0 Å². The summed E-state index contributed by atoms with van der Waals surface area (Å²) in [5.74, 6) is 0.561. The number of fused-ring (bicyclic) bond motifs is 1. The summed E-state index contributed by atoms with van der Waals surface area (Å²) < 4.78 is 0. The van der Waals surface area contributed by atoms with E-state index in [-0.39, 0.29) is 28.5 Å². The predicted molar refractivity (Wildman–Crippen MR) is 98.5 cm³/mol.